The van der Waals surface area contributed by atoms with Gasteiger partial charge in [-0.05, 0) is 32.0 Å². The van der Waals surface area contributed by atoms with Crippen LogP contribution in [0.2, 0.25) is 0 Å². The van der Waals surface area contributed by atoms with Gasteiger partial charge < -0.3 is 15.4 Å². The normalized spacial score (nSPS) is 9.53. The maximum Gasteiger partial charge on any atom is 0.338 e. The fourth-order valence-corrected chi connectivity index (χ4v) is 1.27. The standard InChI is InChI=1S/C12H16N2O3/c1-3-13-12(16)14-10-7-5-6-9(8-10)11(15)17-4-2/h5-8H,3-4H2,1-2H3,(H2,13,14,16). The third kappa shape index (κ3) is 4.14. The molecule has 0 heterocycles. The fraction of sp³-hybridized carbons (Fsp3) is 0.333. The molecule has 17 heavy (non-hydrogen) atoms. The number of amides is 2. The highest BCUT2D eigenvalue weighted by Gasteiger charge is 2.07. The van der Waals surface area contributed by atoms with Crippen molar-refractivity contribution in [3.8, 4) is 0 Å². The number of carbonyl (C=O) groups excluding carboxylic acids is 2. The Balaban J connectivity index is 2.72. The SMILES string of the molecule is CCNC(=O)Nc1cccc(C(=O)OCC)c1. The molecule has 5 heteroatoms. The molecule has 0 saturated heterocycles. The number of hydrogen-bond acceptors (Lipinski definition) is 3. The van der Waals surface area contributed by atoms with E-state index in [4.69, 9.17) is 4.74 Å². The predicted molar refractivity (Wildman–Crippen MR) is 65.1 cm³/mol. The minimum absolute atomic E-state index is 0.298. The Morgan fingerprint density at radius 2 is 2.06 bits per heavy atom. The number of ether oxygens (including phenoxy) is 1. The van der Waals surface area contributed by atoms with Crippen molar-refractivity contribution in [2.24, 2.45) is 0 Å². The molecule has 2 N–H and O–H groups in total. The molecule has 0 saturated carbocycles. The number of benzene rings is 1. The van der Waals surface area contributed by atoms with Crippen LogP contribution in [0.4, 0.5) is 10.5 Å². The average molecular weight is 236 g/mol. The molecule has 1 rings (SSSR count). The first kappa shape index (κ1) is 13.0. The van der Waals surface area contributed by atoms with Gasteiger partial charge in [-0.1, -0.05) is 6.07 Å². The molecule has 0 bridgehead atoms. The van der Waals surface area contributed by atoms with Crippen LogP contribution in [0.25, 0.3) is 0 Å². The van der Waals surface area contributed by atoms with Gasteiger partial charge in [0.2, 0.25) is 0 Å². The maximum absolute atomic E-state index is 11.5. The first-order chi connectivity index (χ1) is 8.17. The lowest BCUT2D eigenvalue weighted by atomic mass is 10.2. The fourth-order valence-electron chi connectivity index (χ4n) is 1.27. The molecule has 5 nitrogen and oxygen atoms in total. The van der Waals surface area contributed by atoms with Crippen LogP contribution in [0.3, 0.4) is 0 Å². The van der Waals surface area contributed by atoms with E-state index in [1.54, 1.807) is 31.2 Å². The molecule has 1 aromatic rings. The molecular weight excluding hydrogens is 220 g/mol. The van der Waals surface area contributed by atoms with Gasteiger partial charge >= 0.3 is 12.0 Å². The summed E-state index contributed by atoms with van der Waals surface area (Å²) in [6.07, 6.45) is 0. The molecule has 0 aromatic heterocycles. The molecule has 0 radical (unpaired) electrons. The van der Waals surface area contributed by atoms with E-state index >= 15 is 0 Å². The highest BCUT2D eigenvalue weighted by molar-refractivity contribution is 5.93. The summed E-state index contributed by atoms with van der Waals surface area (Å²) in [5.74, 6) is -0.396. The monoisotopic (exact) mass is 236 g/mol. The Hall–Kier alpha value is -2.04. The third-order valence-corrected chi connectivity index (χ3v) is 1.97. The minimum Gasteiger partial charge on any atom is -0.462 e. The average Bonchev–Trinajstić information content (AvgIpc) is 2.30. The molecule has 1 aromatic carbocycles. The number of rotatable bonds is 4. The first-order valence-corrected chi connectivity index (χ1v) is 5.49. The van der Waals surface area contributed by atoms with Crippen LogP contribution in [-0.2, 0) is 4.74 Å². The largest absolute Gasteiger partial charge is 0.462 e. The van der Waals surface area contributed by atoms with Crippen molar-refractivity contribution in [3.63, 3.8) is 0 Å². The van der Waals surface area contributed by atoms with Crippen LogP contribution in [-0.4, -0.2) is 25.2 Å². The molecular formula is C12H16N2O3. The lowest BCUT2D eigenvalue weighted by molar-refractivity contribution is 0.0526. The zero-order valence-electron chi connectivity index (χ0n) is 9.95. The Morgan fingerprint density at radius 1 is 1.29 bits per heavy atom. The number of urea groups is 1. The van der Waals surface area contributed by atoms with Gasteiger partial charge in [-0.25, -0.2) is 9.59 Å². The van der Waals surface area contributed by atoms with E-state index in [-0.39, 0.29) is 6.03 Å². The van der Waals surface area contributed by atoms with E-state index in [1.165, 1.54) is 0 Å². The van der Waals surface area contributed by atoms with Gasteiger partial charge in [0.15, 0.2) is 0 Å². The molecule has 0 fully saturated rings. The Kier molecular flexibility index (Phi) is 5.00. The molecule has 0 aliphatic carbocycles. The van der Waals surface area contributed by atoms with Crippen molar-refractivity contribution in [3.05, 3.63) is 29.8 Å². The molecule has 0 unspecified atom stereocenters. The summed E-state index contributed by atoms with van der Waals surface area (Å²) in [4.78, 5) is 22.7. The topological polar surface area (TPSA) is 67.4 Å². The highest BCUT2D eigenvalue weighted by atomic mass is 16.5. The zero-order valence-corrected chi connectivity index (χ0v) is 9.95. The van der Waals surface area contributed by atoms with Crippen molar-refractivity contribution in [2.75, 3.05) is 18.5 Å². The van der Waals surface area contributed by atoms with Gasteiger partial charge in [0.05, 0.1) is 12.2 Å². The summed E-state index contributed by atoms with van der Waals surface area (Å²) >= 11 is 0. The van der Waals surface area contributed by atoms with Crippen LogP contribution < -0.4 is 10.6 Å². The second kappa shape index (κ2) is 6.52. The number of esters is 1. The second-order valence-electron chi connectivity index (χ2n) is 3.29. The lowest BCUT2D eigenvalue weighted by Crippen LogP contribution is -2.28. The van der Waals surface area contributed by atoms with Crippen molar-refractivity contribution < 1.29 is 14.3 Å². The van der Waals surface area contributed by atoms with Crippen molar-refractivity contribution in [1.29, 1.82) is 0 Å². The molecule has 2 amide bonds. The van der Waals surface area contributed by atoms with Crippen LogP contribution in [0.5, 0.6) is 0 Å². The molecule has 0 atom stereocenters. The van der Waals surface area contributed by atoms with E-state index in [0.717, 1.165) is 0 Å². The Bertz CT molecular complexity index is 404. The molecule has 0 aliphatic heterocycles. The van der Waals surface area contributed by atoms with Crippen molar-refractivity contribution in [1.82, 2.24) is 5.32 Å². The highest BCUT2D eigenvalue weighted by Crippen LogP contribution is 2.11. The van der Waals surface area contributed by atoms with Gasteiger partial charge in [0.25, 0.3) is 0 Å². The molecule has 0 spiro atoms. The summed E-state index contributed by atoms with van der Waals surface area (Å²) in [6, 6.07) is 6.31. The Morgan fingerprint density at radius 3 is 2.71 bits per heavy atom. The van der Waals surface area contributed by atoms with E-state index in [9.17, 15) is 9.59 Å². The van der Waals surface area contributed by atoms with E-state index in [2.05, 4.69) is 10.6 Å². The summed E-state index contributed by atoms with van der Waals surface area (Å²) < 4.78 is 4.87. The summed E-state index contributed by atoms with van der Waals surface area (Å²) in [5, 5.41) is 5.22. The third-order valence-electron chi connectivity index (χ3n) is 1.97. The van der Waals surface area contributed by atoms with Crippen molar-refractivity contribution in [2.45, 2.75) is 13.8 Å². The number of carbonyl (C=O) groups is 2. The van der Waals surface area contributed by atoms with Gasteiger partial charge in [0, 0.05) is 12.2 Å². The van der Waals surface area contributed by atoms with E-state index < -0.39 is 5.97 Å². The van der Waals surface area contributed by atoms with Gasteiger partial charge in [0.1, 0.15) is 0 Å². The maximum atomic E-state index is 11.5. The summed E-state index contributed by atoms with van der Waals surface area (Å²) in [6.45, 7) is 4.44. The number of nitrogens with one attached hydrogen (secondary N) is 2. The van der Waals surface area contributed by atoms with Gasteiger partial charge in [-0.2, -0.15) is 0 Å². The van der Waals surface area contributed by atoms with Gasteiger partial charge in [-0.15, -0.1) is 0 Å². The van der Waals surface area contributed by atoms with Crippen LogP contribution in [0, 0.1) is 0 Å². The Labute approximate surface area is 100 Å². The van der Waals surface area contributed by atoms with E-state index in [1.807, 2.05) is 6.92 Å². The van der Waals surface area contributed by atoms with Crippen LogP contribution in [0.15, 0.2) is 24.3 Å². The van der Waals surface area contributed by atoms with E-state index in [0.29, 0.717) is 24.4 Å². The zero-order chi connectivity index (χ0) is 12.7. The van der Waals surface area contributed by atoms with Crippen molar-refractivity contribution >= 4 is 17.7 Å². The summed E-state index contributed by atoms with van der Waals surface area (Å²) in [7, 11) is 0. The van der Waals surface area contributed by atoms with Crippen LogP contribution in [0.1, 0.15) is 24.2 Å². The number of hydrogen-bond donors (Lipinski definition) is 2. The summed E-state index contributed by atoms with van der Waals surface area (Å²) in [5.41, 5.74) is 0.975. The lowest BCUT2D eigenvalue weighted by Gasteiger charge is -2.07. The van der Waals surface area contributed by atoms with Crippen LogP contribution >= 0.6 is 0 Å². The minimum atomic E-state index is -0.396. The quantitative estimate of drug-likeness (QED) is 0.786. The molecule has 92 valence electrons. The van der Waals surface area contributed by atoms with Gasteiger partial charge in [-0.3, -0.25) is 0 Å². The predicted octanol–water partition coefficient (Wildman–Crippen LogP) is 2.00. The first-order valence-electron chi connectivity index (χ1n) is 5.49. The smallest absolute Gasteiger partial charge is 0.338 e. The number of anilines is 1. The second-order valence-corrected chi connectivity index (χ2v) is 3.29. The molecule has 0 aliphatic rings.